The van der Waals surface area contributed by atoms with Gasteiger partial charge in [-0.05, 0) is 52.3 Å². The van der Waals surface area contributed by atoms with E-state index >= 15 is 0 Å². The van der Waals surface area contributed by atoms with Crippen molar-refractivity contribution in [2.75, 3.05) is 29.9 Å². The predicted molar refractivity (Wildman–Crippen MR) is 129 cm³/mol. The Morgan fingerprint density at radius 1 is 1.27 bits per heavy atom. The first kappa shape index (κ1) is 25.5. The highest BCUT2D eigenvalue weighted by atomic mass is 32.1. The van der Waals surface area contributed by atoms with E-state index in [0.717, 1.165) is 4.88 Å². The number of aryl methyl sites for hydroxylation is 1. The van der Waals surface area contributed by atoms with E-state index in [2.05, 4.69) is 5.32 Å². The van der Waals surface area contributed by atoms with E-state index in [4.69, 9.17) is 4.74 Å². The van der Waals surface area contributed by atoms with Crippen molar-refractivity contribution in [3.63, 3.8) is 0 Å². The Morgan fingerprint density at radius 3 is 2.48 bits per heavy atom. The summed E-state index contributed by atoms with van der Waals surface area (Å²) in [5, 5.41) is 23.9. The lowest BCUT2D eigenvalue weighted by molar-refractivity contribution is -0.384. The van der Waals surface area contributed by atoms with Gasteiger partial charge in [-0.1, -0.05) is 0 Å². The van der Waals surface area contributed by atoms with Crippen molar-refractivity contribution in [3.05, 3.63) is 55.5 Å². The van der Waals surface area contributed by atoms with Gasteiger partial charge in [0.2, 0.25) is 0 Å². The van der Waals surface area contributed by atoms with Gasteiger partial charge in [-0.25, -0.2) is 4.79 Å². The number of anilines is 2. The van der Waals surface area contributed by atoms with E-state index < -0.39 is 16.8 Å². The molecule has 0 bridgehead atoms. The van der Waals surface area contributed by atoms with E-state index in [9.17, 15) is 25.0 Å². The maximum absolute atomic E-state index is 12.9. The summed E-state index contributed by atoms with van der Waals surface area (Å²) in [7, 11) is 0. The van der Waals surface area contributed by atoms with E-state index in [1.807, 2.05) is 31.7 Å². The molecule has 0 atom stereocenters. The molecule has 0 fully saturated rings. The average Bonchev–Trinajstić information content (AvgIpc) is 3.06. The van der Waals surface area contributed by atoms with Crippen LogP contribution in [0.25, 0.3) is 6.08 Å². The van der Waals surface area contributed by atoms with Crippen molar-refractivity contribution in [2.45, 2.75) is 34.6 Å². The Kier molecular flexibility index (Phi) is 8.70. The number of hydrogen-bond acceptors (Lipinski definition) is 8. The fourth-order valence-corrected chi connectivity index (χ4v) is 4.31. The number of benzene rings is 1. The molecule has 0 aliphatic rings. The molecule has 9 nitrogen and oxygen atoms in total. The molecule has 0 radical (unpaired) electrons. The lowest BCUT2D eigenvalue weighted by atomic mass is 10.1. The Hall–Kier alpha value is -3.71. The van der Waals surface area contributed by atoms with Crippen molar-refractivity contribution >= 4 is 45.7 Å². The standard InChI is InChI=1S/C23H26N4O5S/c1-6-26(7-2)19-10-9-18(27(30)31)12-16(19)11-17(13-24)21(28)25-22-20(23(29)32-8-3)14(4)15(5)33-22/h9-12H,6-8H2,1-5H3,(H,25,28). The van der Waals surface area contributed by atoms with Crippen LogP contribution in [-0.4, -0.2) is 36.5 Å². The first-order valence-electron chi connectivity index (χ1n) is 10.4. The SMILES string of the molecule is CCOC(=O)c1c(NC(=O)C(C#N)=Cc2cc([N+](=O)[O-])ccc2N(CC)CC)sc(C)c1C. The highest BCUT2D eigenvalue weighted by Crippen LogP contribution is 2.34. The molecule has 1 amide bonds. The average molecular weight is 471 g/mol. The number of nitro benzene ring substituents is 1. The zero-order chi connectivity index (χ0) is 24.7. The minimum Gasteiger partial charge on any atom is -0.462 e. The number of thiophene rings is 1. The number of ether oxygens (including phenoxy) is 1. The van der Waals surface area contributed by atoms with E-state index in [0.29, 0.717) is 29.9 Å². The molecule has 1 aromatic heterocycles. The summed E-state index contributed by atoms with van der Waals surface area (Å²) in [5.74, 6) is -1.28. The van der Waals surface area contributed by atoms with Crippen molar-refractivity contribution in [2.24, 2.45) is 0 Å². The van der Waals surface area contributed by atoms with Crippen LogP contribution >= 0.6 is 11.3 Å². The lowest BCUT2D eigenvalue weighted by Crippen LogP contribution is -2.23. The summed E-state index contributed by atoms with van der Waals surface area (Å²) < 4.78 is 5.10. The van der Waals surface area contributed by atoms with Gasteiger partial charge >= 0.3 is 5.97 Å². The summed E-state index contributed by atoms with van der Waals surface area (Å²) in [4.78, 5) is 38.9. The summed E-state index contributed by atoms with van der Waals surface area (Å²) >= 11 is 1.21. The van der Waals surface area contributed by atoms with Crippen LogP contribution in [0.3, 0.4) is 0 Å². The number of nitrogens with zero attached hydrogens (tertiary/aromatic N) is 3. The minimum absolute atomic E-state index is 0.149. The molecule has 0 aliphatic carbocycles. The van der Waals surface area contributed by atoms with Gasteiger partial charge in [0.1, 0.15) is 16.6 Å². The molecule has 1 aromatic carbocycles. The van der Waals surface area contributed by atoms with Crippen LogP contribution < -0.4 is 10.2 Å². The van der Waals surface area contributed by atoms with Crippen molar-refractivity contribution < 1.29 is 19.2 Å². The number of non-ortho nitro benzene ring substituents is 1. The molecule has 0 unspecified atom stereocenters. The third kappa shape index (κ3) is 5.75. The van der Waals surface area contributed by atoms with Gasteiger partial charge in [0.05, 0.1) is 17.1 Å². The van der Waals surface area contributed by atoms with Gasteiger partial charge in [-0.3, -0.25) is 14.9 Å². The van der Waals surface area contributed by atoms with E-state index in [-0.39, 0.29) is 28.4 Å². The molecule has 2 rings (SSSR count). The Bertz CT molecular complexity index is 1140. The van der Waals surface area contributed by atoms with Crippen LogP contribution in [0.2, 0.25) is 0 Å². The largest absolute Gasteiger partial charge is 0.462 e. The topological polar surface area (TPSA) is 126 Å². The Labute approximate surface area is 196 Å². The number of carbonyl (C=O) groups is 2. The quantitative estimate of drug-likeness (QED) is 0.183. The first-order valence-corrected chi connectivity index (χ1v) is 11.2. The Morgan fingerprint density at radius 2 is 1.94 bits per heavy atom. The molecule has 0 saturated heterocycles. The molecule has 1 N–H and O–H groups in total. The number of carbonyl (C=O) groups excluding carboxylic acids is 2. The number of nitrogens with one attached hydrogen (secondary N) is 1. The summed E-state index contributed by atoms with van der Waals surface area (Å²) in [5.41, 5.74) is 1.60. The molecule has 0 saturated carbocycles. The zero-order valence-electron chi connectivity index (χ0n) is 19.2. The van der Waals surface area contributed by atoms with Gasteiger partial charge in [0, 0.05) is 41.4 Å². The first-order chi connectivity index (χ1) is 15.7. The van der Waals surface area contributed by atoms with E-state index in [1.165, 1.54) is 29.5 Å². The van der Waals surface area contributed by atoms with E-state index in [1.54, 1.807) is 19.9 Å². The predicted octanol–water partition coefficient (Wildman–Crippen LogP) is 4.84. The van der Waals surface area contributed by atoms with Crippen LogP contribution in [0.1, 0.15) is 47.1 Å². The van der Waals surface area contributed by atoms with Crippen LogP contribution in [-0.2, 0) is 9.53 Å². The minimum atomic E-state index is -0.721. The highest BCUT2D eigenvalue weighted by Gasteiger charge is 2.23. The second-order valence-electron chi connectivity index (χ2n) is 7.00. The number of amides is 1. The molecule has 0 spiro atoms. The number of esters is 1. The number of nitriles is 1. The molecule has 2 aromatic rings. The van der Waals surface area contributed by atoms with Gasteiger partial charge < -0.3 is 15.0 Å². The summed E-state index contributed by atoms with van der Waals surface area (Å²) in [6, 6.07) is 6.20. The van der Waals surface area contributed by atoms with Crippen molar-refractivity contribution in [1.29, 1.82) is 5.26 Å². The fourth-order valence-electron chi connectivity index (χ4n) is 3.26. The molecule has 1 heterocycles. The molecular formula is C23H26N4O5S. The molecule has 33 heavy (non-hydrogen) atoms. The van der Waals surface area contributed by atoms with Crippen molar-refractivity contribution in [1.82, 2.24) is 0 Å². The summed E-state index contributed by atoms with van der Waals surface area (Å²) in [6.45, 7) is 10.6. The van der Waals surface area contributed by atoms with Crippen LogP contribution in [0, 0.1) is 35.3 Å². The summed E-state index contributed by atoms with van der Waals surface area (Å²) in [6.07, 6.45) is 1.33. The maximum Gasteiger partial charge on any atom is 0.341 e. The van der Waals surface area contributed by atoms with Crippen LogP contribution in [0.5, 0.6) is 0 Å². The number of nitro groups is 1. The van der Waals surface area contributed by atoms with Crippen molar-refractivity contribution in [3.8, 4) is 6.07 Å². The molecule has 10 heteroatoms. The molecule has 0 aliphatic heterocycles. The van der Waals surface area contributed by atoms with Gasteiger partial charge in [-0.15, -0.1) is 11.3 Å². The van der Waals surface area contributed by atoms with Gasteiger partial charge in [0.15, 0.2) is 0 Å². The maximum atomic E-state index is 12.9. The lowest BCUT2D eigenvalue weighted by Gasteiger charge is -2.23. The van der Waals surface area contributed by atoms with Crippen LogP contribution in [0.15, 0.2) is 23.8 Å². The fraction of sp³-hybridized carbons (Fsp3) is 0.348. The normalized spacial score (nSPS) is 11.0. The third-order valence-corrected chi connectivity index (χ3v) is 6.21. The smallest absolute Gasteiger partial charge is 0.341 e. The zero-order valence-corrected chi connectivity index (χ0v) is 20.0. The number of hydrogen-bond donors (Lipinski definition) is 1. The second-order valence-corrected chi connectivity index (χ2v) is 8.23. The molecule has 174 valence electrons. The van der Waals surface area contributed by atoms with Gasteiger partial charge in [0.25, 0.3) is 11.6 Å². The second kappa shape index (κ2) is 11.2. The van der Waals surface area contributed by atoms with Gasteiger partial charge in [-0.2, -0.15) is 5.26 Å². The Balaban J connectivity index is 2.51. The van der Waals surface area contributed by atoms with Crippen LogP contribution in [0.4, 0.5) is 16.4 Å². The number of rotatable bonds is 9. The monoisotopic (exact) mass is 470 g/mol. The highest BCUT2D eigenvalue weighted by molar-refractivity contribution is 7.16. The molecular weight excluding hydrogens is 444 g/mol. The third-order valence-electron chi connectivity index (χ3n) is 5.08.